The molecule has 0 saturated heterocycles. The van der Waals surface area contributed by atoms with E-state index >= 15 is 0 Å². The van der Waals surface area contributed by atoms with Crippen molar-refractivity contribution in [2.75, 3.05) is 29.0 Å². The molecule has 0 aliphatic heterocycles. The maximum Gasteiger partial charge on any atom is 0.245 e. The van der Waals surface area contributed by atoms with Gasteiger partial charge in [-0.2, -0.15) is 0 Å². The van der Waals surface area contributed by atoms with Crippen LogP contribution in [0.4, 0.5) is 11.4 Å². The zero-order valence-electron chi connectivity index (χ0n) is 14.5. The van der Waals surface area contributed by atoms with Crippen molar-refractivity contribution in [2.45, 2.75) is 13.8 Å². The van der Waals surface area contributed by atoms with Crippen molar-refractivity contribution in [3.8, 4) is 5.75 Å². The van der Waals surface area contributed by atoms with E-state index in [2.05, 4.69) is 5.32 Å². The summed E-state index contributed by atoms with van der Waals surface area (Å²) in [5, 5.41) is 2.70. The van der Waals surface area contributed by atoms with E-state index in [9.17, 15) is 13.2 Å². The molecular formula is C18H22N2O4S. The number of amides is 1. The van der Waals surface area contributed by atoms with Crippen LogP contribution in [0.25, 0.3) is 0 Å². The zero-order valence-corrected chi connectivity index (χ0v) is 15.3. The predicted molar refractivity (Wildman–Crippen MR) is 99.6 cm³/mol. The summed E-state index contributed by atoms with van der Waals surface area (Å²) in [4.78, 5) is 12.3. The molecule has 0 bridgehead atoms. The van der Waals surface area contributed by atoms with Crippen LogP contribution in [0.15, 0.2) is 48.5 Å². The van der Waals surface area contributed by atoms with E-state index in [0.29, 0.717) is 23.7 Å². The molecule has 1 N–H and O–H groups in total. The SMILES string of the molecule is CCOc1cccc(NC(=O)CN(c2cccc(C)c2)S(C)(=O)=O)c1. The zero-order chi connectivity index (χ0) is 18.4. The molecule has 0 spiro atoms. The maximum absolute atomic E-state index is 12.3. The van der Waals surface area contributed by atoms with Gasteiger partial charge in [-0.15, -0.1) is 0 Å². The van der Waals surface area contributed by atoms with Crippen LogP contribution in [0, 0.1) is 6.92 Å². The molecule has 2 aromatic carbocycles. The van der Waals surface area contributed by atoms with Gasteiger partial charge in [0.05, 0.1) is 18.6 Å². The minimum absolute atomic E-state index is 0.304. The summed E-state index contributed by atoms with van der Waals surface area (Å²) in [6.45, 7) is 3.95. The van der Waals surface area contributed by atoms with Crippen molar-refractivity contribution in [2.24, 2.45) is 0 Å². The number of hydrogen-bond acceptors (Lipinski definition) is 4. The molecule has 134 valence electrons. The van der Waals surface area contributed by atoms with Gasteiger partial charge in [0.2, 0.25) is 15.9 Å². The quantitative estimate of drug-likeness (QED) is 0.822. The summed E-state index contributed by atoms with van der Waals surface area (Å²) in [5.41, 5.74) is 1.92. The summed E-state index contributed by atoms with van der Waals surface area (Å²) < 4.78 is 30.7. The fourth-order valence-electron chi connectivity index (χ4n) is 2.34. The second-order valence-electron chi connectivity index (χ2n) is 5.62. The lowest BCUT2D eigenvalue weighted by molar-refractivity contribution is -0.114. The van der Waals surface area contributed by atoms with E-state index in [1.165, 1.54) is 0 Å². The average molecular weight is 362 g/mol. The Morgan fingerprint density at radius 3 is 2.52 bits per heavy atom. The number of carbonyl (C=O) groups excluding carboxylic acids is 1. The predicted octanol–water partition coefficient (Wildman–Crippen LogP) is 2.80. The summed E-state index contributed by atoms with van der Waals surface area (Å²) in [7, 11) is -3.59. The Morgan fingerprint density at radius 2 is 1.88 bits per heavy atom. The van der Waals surface area contributed by atoms with Crippen LogP contribution >= 0.6 is 0 Å². The Balaban J connectivity index is 2.16. The molecule has 1 amide bonds. The smallest absolute Gasteiger partial charge is 0.245 e. The van der Waals surface area contributed by atoms with Crippen LogP contribution in [0.2, 0.25) is 0 Å². The van der Waals surface area contributed by atoms with Gasteiger partial charge in [-0.05, 0) is 43.7 Å². The van der Waals surface area contributed by atoms with Gasteiger partial charge in [-0.1, -0.05) is 18.2 Å². The number of aryl methyl sites for hydroxylation is 1. The summed E-state index contributed by atoms with van der Waals surface area (Å²) in [5.74, 6) is 0.208. The lowest BCUT2D eigenvalue weighted by Crippen LogP contribution is -2.37. The topological polar surface area (TPSA) is 75.7 Å². The highest BCUT2D eigenvalue weighted by atomic mass is 32.2. The number of ether oxygens (including phenoxy) is 1. The fraction of sp³-hybridized carbons (Fsp3) is 0.278. The highest BCUT2D eigenvalue weighted by Crippen LogP contribution is 2.20. The van der Waals surface area contributed by atoms with E-state index in [1.807, 2.05) is 19.9 Å². The fourth-order valence-corrected chi connectivity index (χ4v) is 3.19. The Labute approximate surface area is 148 Å². The normalized spacial score (nSPS) is 11.0. The number of nitrogens with one attached hydrogen (secondary N) is 1. The molecule has 2 rings (SSSR count). The molecule has 0 atom stereocenters. The van der Waals surface area contributed by atoms with Crippen LogP contribution in [0.3, 0.4) is 0 Å². The van der Waals surface area contributed by atoms with Crippen LogP contribution in [-0.4, -0.2) is 33.7 Å². The molecule has 2 aromatic rings. The number of rotatable bonds is 7. The lowest BCUT2D eigenvalue weighted by Gasteiger charge is -2.22. The van der Waals surface area contributed by atoms with Crippen molar-refractivity contribution in [1.29, 1.82) is 0 Å². The molecule has 25 heavy (non-hydrogen) atoms. The van der Waals surface area contributed by atoms with E-state index in [4.69, 9.17) is 4.74 Å². The van der Waals surface area contributed by atoms with Crippen LogP contribution in [0.5, 0.6) is 5.75 Å². The van der Waals surface area contributed by atoms with Gasteiger partial charge < -0.3 is 10.1 Å². The Bertz CT molecular complexity index is 850. The van der Waals surface area contributed by atoms with Crippen LogP contribution in [-0.2, 0) is 14.8 Å². The first-order chi connectivity index (χ1) is 11.8. The summed E-state index contributed by atoms with van der Waals surface area (Å²) >= 11 is 0. The first-order valence-electron chi connectivity index (χ1n) is 7.86. The Kier molecular flexibility index (Phi) is 6.03. The number of nitrogens with zero attached hydrogens (tertiary/aromatic N) is 1. The molecular weight excluding hydrogens is 340 g/mol. The lowest BCUT2D eigenvalue weighted by atomic mass is 10.2. The van der Waals surface area contributed by atoms with Crippen molar-refractivity contribution in [3.05, 3.63) is 54.1 Å². The van der Waals surface area contributed by atoms with Gasteiger partial charge in [0.1, 0.15) is 12.3 Å². The molecule has 0 saturated carbocycles. The molecule has 0 aliphatic carbocycles. The minimum atomic E-state index is -3.59. The molecule has 0 heterocycles. The molecule has 7 heteroatoms. The third-order valence-corrected chi connectivity index (χ3v) is 4.55. The van der Waals surface area contributed by atoms with Gasteiger partial charge in [0, 0.05) is 11.8 Å². The number of hydrogen-bond donors (Lipinski definition) is 1. The number of carbonyl (C=O) groups is 1. The first-order valence-corrected chi connectivity index (χ1v) is 9.71. The molecule has 0 fully saturated rings. The maximum atomic E-state index is 12.3. The van der Waals surface area contributed by atoms with Crippen molar-refractivity contribution in [1.82, 2.24) is 0 Å². The van der Waals surface area contributed by atoms with Crippen molar-refractivity contribution in [3.63, 3.8) is 0 Å². The third kappa shape index (κ3) is 5.49. The highest BCUT2D eigenvalue weighted by Gasteiger charge is 2.21. The average Bonchev–Trinajstić information content (AvgIpc) is 2.52. The van der Waals surface area contributed by atoms with Crippen LogP contribution < -0.4 is 14.4 Å². The highest BCUT2D eigenvalue weighted by molar-refractivity contribution is 7.92. The van der Waals surface area contributed by atoms with E-state index in [0.717, 1.165) is 16.1 Å². The Hall–Kier alpha value is -2.54. The van der Waals surface area contributed by atoms with Crippen LogP contribution in [0.1, 0.15) is 12.5 Å². The van der Waals surface area contributed by atoms with Crippen molar-refractivity contribution < 1.29 is 17.9 Å². The van der Waals surface area contributed by atoms with Gasteiger partial charge in [0.25, 0.3) is 0 Å². The minimum Gasteiger partial charge on any atom is -0.494 e. The van der Waals surface area contributed by atoms with Gasteiger partial charge >= 0.3 is 0 Å². The number of anilines is 2. The van der Waals surface area contributed by atoms with Crippen molar-refractivity contribution >= 4 is 27.3 Å². The molecule has 6 nitrogen and oxygen atoms in total. The third-order valence-electron chi connectivity index (χ3n) is 3.41. The molecule has 0 radical (unpaired) electrons. The second-order valence-corrected chi connectivity index (χ2v) is 7.52. The monoisotopic (exact) mass is 362 g/mol. The van der Waals surface area contributed by atoms with Gasteiger partial charge in [0.15, 0.2) is 0 Å². The molecule has 0 unspecified atom stereocenters. The Morgan fingerprint density at radius 1 is 1.16 bits per heavy atom. The van der Waals surface area contributed by atoms with Gasteiger partial charge in [-0.25, -0.2) is 8.42 Å². The summed E-state index contributed by atoms with van der Waals surface area (Å²) in [6, 6.07) is 14.0. The standard InChI is InChI=1S/C18H22N2O4S/c1-4-24-17-10-6-8-15(12-17)19-18(21)13-20(25(3,22)23)16-9-5-7-14(2)11-16/h5-12H,4,13H2,1-3H3,(H,19,21). The largest absolute Gasteiger partial charge is 0.494 e. The molecule has 0 aromatic heterocycles. The van der Waals surface area contributed by atoms with E-state index in [1.54, 1.807) is 42.5 Å². The van der Waals surface area contributed by atoms with E-state index in [-0.39, 0.29) is 6.54 Å². The number of benzene rings is 2. The second kappa shape index (κ2) is 8.02. The molecule has 0 aliphatic rings. The first kappa shape index (κ1) is 18.8. The summed E-state index contributed by atoms with van der Waals surface area (Å²) in [6.07, 6.45) is 1.08. The number of sulfonamides is 1. The van der Waals surface area contributed by atoms with E-state index < -0.39 is 15.9 Å². The van der Waals surface area contributed by atoms with Gasteiger partial charge in [-0.3, -0.25) is 9.10 Å².